The van der Waals surface area contributed by atoms with Gasteiger partial charge in [0, 0.05) is 31.2 Å². The number of sulfonamides is 1. The smallest absolute Gasteiger partial charge is 0.214 e. The topological polar surface area (TPSA) is 71.5 Å². The zero-order chi connectivity index (χ0) is 15.9. The van der Waals surface area contributed by atoms with Gasteiger partial charge in [-0.15, -0.1) is 11.3 Å². The molecule has 1 spiro atoms. The van der Waals surface area contributed by atoms with Crippen LogP contribution in [0.25, 0.3) is 0 Å². The molecule has 128 valence electrons. The largest absolute Gasteiger partial charge is 0.372 e. The van der Waals surface area contributed by atoms with Crippen LogP contribution in [0, 0.1) is 5.92 Å². The van der Waals surface area contributed by atoms with Gasteiger partial charge in [-0.25, -0.2) is 18.1 Å². The Hall–Kier alpha value is -0.540. The van der Waals surface area contributed by atoms with E-state index in [1.807, 2.05) is 11.6 Å². The van der Waals surface area contributed by atoms with Gasteiger partial charge in [0.25, 0.3) is 0 Å². The molecule has 2 aliphatic heterocycles. The Bertz CT molecular complexity index is 627. The van der Waals surface area contributed by atoms with E-state index in [1.165, 1.54) is 0 Å². The fourth-order valence-electron chi connectivity index (χ4n) is 3.46. The number of nitrogens with one attached hydrogen (secondary N) is 1. The minimum atomic E-state index is -3.06. The second-order valence-corrected chi connectivity index (χ2v) is 10.1. The fraction of sp³-hybridized carbons (Fsp3) is 0.800. The zero-order valence-electron chi connectivity index (χ0n) is 13.1. The molecule has 0 bridgehead atoms. The van der Waals surface area contributed by atoms with Crippen LogP contribution < -0.4 is 4.72 Å². The number of nitrogens with zero attached hydrogens (tertiary/aromatic N) is 2. The van der Waals surface area contributed by atoms with Crippen molar-refractivity contribution in [3.8, 4) is 0 Å². The molecule has 0 radical (unpaired) electrons. The van der Waals surface area contributed by atoms with Gasteiger partial charge in [-0.3, -0.25) is 4.90 Å². The quantitative estimate of drug-likeness (QED) is 0.828. The van der Waals surface area contributed by atoms with Crippen LogP contribution in [0.4, 0.5) is 0 Å². The first-order valence-corrected chi connectivity index (χ1v) is 10.7. The van der Waals surface area contributed by atoms with Gasteiger partial charge in [0.05, 0.1) is 24.0 Å². The van der Waals surface area contributed by atoms with Gasteiger partial charge in [0.15, 0.2) is 0 Å². The lowest BCUT2D eigenvalue weighted by atomic mass is 9.83. The van der Waals surface area contributed by atoms with Crippen LogP contribution in [0.3, 0.4) is 0 Å². The summed E-state index contributed by atoms with van der Waals surface area (Å²) in [5.74, 6) is 0.308. The summed E-state index contributed by atoms with van der Waals surface area (Å²) in [7, 11) is -3.06. The van der Waals surface area contributed by atoms with E-state index in [4.69, 9.17) is 4.74 Å². The summed E-state index contributed by atoms with van der Waals surface area (Å²) in [6.07, 6.45) is 5.54. The summed E-state index contributed by atoms with van der Waals surface area (Å²) in [5.41, 5.74) is 0.00310. The van der Waals surface area contributed by atoms with Crippen molar-refractivity contribution in [2.45, 2.75) is 43.1 Å². The van der Waals surface area contributed by atoms with Crippen LogP contribution in [0.1, 0.15) is 30.7 Å². The second-order valence-electron chi connectivity index (χ2n) is 7.06. The minimum Gasteiger partial charge on any atom is -0.372 e. The van der Waals surface area contributed by atoms with E-state index >= 15 is 0 Å². The Balaban J connectivity index is 1.20. The van der Waals surface area contributed by atoms with Crippen molar-refractivity contribution in [2.75, 3.05) is 26.2 Å². The number of aromatic nitrogens is 1. The van der Waals surface area contributed by atoms with Crippen molar-refractivity contribution in [1.82, 2.24) is 14.6 Å². The molecule has 1 aromatic heterocycles. The van der Waals surface area contributed by atoms with Crippen LogP contribution in [-0.2, 0) is 21.3 Å². The number of thiazole rings is 1. The van der Waals surface area contributed by atoms with Crippen LogP contribution in [-0.4, -0.2) is 55.4 Å². The number of rotatable bonds is 6. The lowest BCUT2D eigenvalue weighted by Gasteiger charge is -2.52. The highest BCUT2D eigenvalue weighted by atomic mass is 32.2. The van der Waals surface area contributed by atoms with Crippen molar-refractivity contribution in [3.63, 3.8) is 0 Å². The summed E-state index contributed by atoms with van der Waals surface area (Å²) in [5, 5.41) is 3.03. The van der Waals surface area contributed by atoms with Gasteiger partial charge in [-0.05, 0) is 31.6 Å². The molecule has 1 N–H and O–H groups in total. The van der Waals surface area contributed by atoms with Crippen molar-refractivity contribution in [2.24, 2.45) is 5.92 Å². The molecule has 3 aliphatic rings. The van der Waals surface area contributed by atoms with E-state index in [-0.39, 0.29) is 10.9 Å². The van der Waals surface area contributed by atoms with Gasteiger partial charge in [0.1, 0.15) is 5.01 Å². The molecule has 1 atom stereocenters. The third-order valence-electron chi connectivity index (χ3n) is 5.04. The number of hydrogen-bond donors (Lipinski definition) is 1. The first-order valence-electron chi connectivity index (χ1n) is 8.28. The molecular weight excluding hydrogens is 334 g/mol. The molecule has 23 heavy (non-hydrogen) atoms. The average Bonchev–Trinajstić information content (AvgIpc) is 3.25. The van der Waals surface area contributed by atoms with E-state index < -0.39 is 10.0 Å². The maximum absolute atomic E-state index is 11.9. The highest BCUT2D eigenvalue weighted by Crippen LogP contribution is 2.37. The Kier molecular flexibility index (Phi) is 4.21. The lowest BCUT2D eigenvalue weighted by Crippen LogP contribution is -2.64. The van der Waals surface area contributed by atoms with E-state index in [1.54, 1.807) is 11.3 Å². The monoisotopic (exact) mass is 357 g/mol. The molecule has 0 unspecified atom stereocenters. The molecule has 6 nitrogen and oxygen atoms in total. The Morgan fingerprint density at radius 1 is 1.39 bits per heavy atom. The van der Waals surface area contributed by atoms with Crippen molar-refractivity contribution >= 4 is 21.4 Å². The second kappa shape index (κ2) is 6.07. The van der Waals surface area contributed by atoms with Gasteiger partial charge in [-0.2, -0.15) is 0 Å². The predicted octanol–water partition coefficient (Wildman–Crippen LogP) is 1.21. The average molecular weight is 358 g/mol. The Labute approximate surface area is 141 Å². The predicted molar refractivity (Wildman–Crippen MR) is 88.7 cm³/mol. The van der Waals surface area contributed by atoms with Crippen LogP contribution >= 0.6 is 11.3 Å². The third-order valence-corrected chi connectivity index (χ3v) is 7.72. The van der Waals surface area contributed by atoms with Crippen molar-refractivity contribution < 1.29 is 13.2 Å². The molecular formula is C15H23N3O3S2. The highest BCUT2D eigenvalue weighted by molar-refractivity contribution is 7.90. The van der Waals surface area contributed by atoms with E-state index in [2.05, 4.69) is 14.6 Å². The van der Waals surface area contributed by atoms with Crippen LogP contribution in [0.15, 0.2) is 11.6 Å². The summed E-state index contributed by atoms with van der Waals surface area (Å²) in [6, 6.07) is 0. The molecule has 2 saturated heterocycles. The molecule has 3 fully saturated rings. The molecule has 3 heterocycles. The third kappa shape index (κ3) is 3.61. The highest BCUT2D eigenvalue weighted by Gasteiger charge is 2.46. The lowest BCUT2D eigenvalue weighted by molar-refractivity contribution is -0.181. The van der Waals surface area contributed by atoms with Crippen molar-refractivity contribution in [3.05, 3.63) is 16.6 Å². The number of hydrogen-bond acceptors (Lipinski definition) is 6. The minimum absolute atomic E-state index is 0.00310. The molecule has 1 aromatic rings. The first-order chi connectivity index (χ1) is 11.0. The normalized spacial score (nSPS) is 27.9. The molecule has 1 aliphatic carbocycles. The van der Waals surface area contributed by atoms with E-state index in [9.17, 15) is 8.42 Å². The van der Waals surface area contributed by atoms with E-state index in [0.717, 1.165) is 50.3 Å². The summed E-state index contributed by atoms with van der Waals surface area (Å²) < 4.78 is 32.6. The van der Waals surface area contributed by atoms with Gasteiger partial charge < -0.3 is 4.74 Å². The van der Waals surface area contributed by atoms with Gasteiger partial charge in [0.2, 0.25) is 10.0 Å². The molecule has 8 heteroatoms. The zero-order valence-corrected chi connectivity index (χ0v) is 14.7. The van der Waals surface area contributed by atoms with Crippen molar-refractivity contribution in [1.29, 1.82) is 0 Å². The standard InChI is InChI=1S/C15H23N3O3S2/c19-23(20,13-1-2-13)17-7-12-3-4-15(21-9-12)10-18(11-15)8-14-16-5-6-22-14/h5-6,12-13,17H,1-4,7-11H2/t12-/m1/s1. The van der Waals surface area contributed by atoms with E-state index in [0.29, 0.717) is 19.1 Å². The Morgan fingerprint density at radius 2 is 2.22 bits per heavy atom. The van der Waals surface area contributed by atoms with Crippen LogP contribution in [0.5, 0.6) is 0 Å². The fourth-order valence-corrected chi connectivity index (χ4v) is 5.58. The molecule has 0 amide bonds. The molecule has 0 aromatic carbocycles. The maximum Gasteiger partial charge on any atom is 0.214 e. The summed E-state index contributed by atoms with van der Waals surface area (Å²) in [4.78, 5) is 6.69. The Morgan fingerprint density at radius 3 is 2.83 bits per heavy atom. The number of likely N-dealkylation sites (tertiary alicyclic amines) is 1. The van der Waals surface area contributed by atoms with Gasteiger partial charge >= 0.3 is 0 Å². The SMILES string of the molecule is O=S(=O)(NC[C@H]1CCC2(CN(Cc3nccs3)C2)OC1)C1CC1. The van der Waals surface area contributed by atoms with Gasteiger partial charge in [-0.1, -0.05) is 0 Å². The maximum atomic E-state index is 11.9. The first kappa shape index (κ1) is 16.0. The van der Waals surface area contributed by atoms with Crippen LogP contribution in [0.2, 0.25) is 0 Å². The molecule has 1 saturated carbocycles. The summed E-state index contributed by atoms with van der Waals surface area (Å²) >= 11 is 1.69. The molecule has 4 rings (SSSR count). The number of ether oxygens (including phenoxy) is 1. The summed E-state index contributed by atoms with van der Waals surface area (Å²) in [6.45, 7) is 4.03.